The van der Waals surface area contributed by atoms with Crippen molar-refractivity contribution in [3.8, 4) is 0 Å². The molecule has 1 unspecified atom stereocenters. The van der Waals surface area contributed by atoms with Crippen LogP contribution in [-0.2, 0) is 6.54 Å². The van der Waals surface area contributed by atoms with Gasteiger partial charge in [-0.2, -0.15) is 0 Å². The Hall–Kier alpha value is -1.34. The highest BCUT2D eigenvalue weighted by molar-refractivity contribution is 5.34. The molecule has 1 N–H and O–H groups in total. The maximum absolute atomic E-state index is 3.66. The summed E-state index contributed by atoms with van der Waals surface area (Å²) in [4.78, 5) is 0. The Bertz CT molecular complexity index is 352. The first kappa shape index (κ1) is 9.22. The van der Waals surface area contributed by atoms with Crippen molar-refractivity contribution < 1.29 is 0 Å². The highest BCUT2D eigenvalue weighted by Gasteiger charge is 2.19. The molecule has 0 bridgehead atoms. The second-order valence-corrected chi connectivity index (χ2v) is 3.53. The molecule has 1 heterocycles. The van der Waals surface area contributed by atoms with Crippen LogP contribution in [0.1, 0.15) is 23.6 Å². The summed E-state index contributed by atoms with van der Waals surface area (Å²) in [6.45, 7) is 4.66. The minimum atomic E-state index is 0.488. The molecule has 0 spiro atoms. The number of hydrogen-bond acceptors (Lipinski definition) is 1. The summed E-state index contributed by atoms with van der Waals surface area (Å²) in [5.74, 6) is 0. The molecule has 0 fully saturated rings. The van der Waals surface area contributed by atoms with E-state index >= 15 is 0 Å². The molecular weight excluding hydrogens is 170 g/mol. The second-order valence-electron chi connectivity index (χ2n) is 3.53. The SMILES string of the molecule is C=CC=CCC1NCc2ccccc21. The lowest BCUT2D eigenvalue weighted by atomic mass is 10.0. The maximum Gasteiger partial charge on any atom is 0.0361 e. The first-order chi connectivity index (χ1) is 6.92. The molecule has 1 heteroatoms. The summed E-state index contributed by atoms with van der Waals surface area (Å²) in [5, 5.41) is 3.50. The largest absolute Gasteiger partial charge is 0.306 e. The third kappa shape index (κ3) is 1.78. The van der Waals surface area contributed by atoms with Crippen molar-refractivity contribution in [3.05, 3.63) is 60.2 Å². The van der Waals surface area contributed by atoms with Gasteiger partial charge in [-0.3, -0.25) is 0 Å². The van der Waals surface area contributed by atoms with E-state index in [9.17, 15) is 0 Å². The van der Waals surface area contributed by atoms with Crippen LogP contribution in [0.25, 0.3) is 0 Å². The van der Waals surface area contributed by atoms with E-state index < -0.39 is 0 Å². The number of rotatable bonds is 3. The van der Waals surface area contributed by atoms with Crippen molar-refractivity contribution in [1.82, 2.24) is 5.32 Å². The van der Waals surface area contributed by atoms with Gasteiger partial charge in [0, 0.05) is 12.6 Å². The molecule has 14 heavy (non-hydrogen) atoms. The van der Waals surface area contributed by atoms with E-state index in [1.807, 2.05) is 12.2 Å². The van der Waals surface area contributed by atoms with Gasteiger partial charge in [0.25, 0.3) is 0 Å². The molecule has 1 aliphatic rings. The van der Waals surface area contributed by atoms with Gasteiger partial charge in [0.05, 0.1) is 0 Å². The molecule has 2 rings (SSSR count). The Labute approximate surface area is 85.2 Å². The van der Waals surface area contributed by atoms with Gasteiger partial charge in [0.1, 0.15) is 0 Å². The lowest BCUT2D eigenvalue weighted by Gasteiger charge is -2.08. The van der Waals surface area contributed by atoms with Crippen LogP contribution in [0.15, 0.2) is 49.1 Å². The summed E-state index contributed by atoms with van der Waals surface area (Å²) in [6.07, 6.45) is 7.03. The third-order valence-electron chi connectivity index (χ3n) is 2.61. The van der Waals surface area contributed by atoms with E-state index in [4.69, 9.17) is 0 Å². The Morgan fingerprint density at radius 3 is 3.14 bits per heavy atom. The second kappa shape index (κ2) is 4.25. The Balaban J connectivity index is 2.10. The van der Waals surface area contributed by atoms with Crippen molar-refractivity contribution in [1.29, 1.82) is 0 Å². The Morgan fingerprint density at radius 1 is 1.43 bits per heavy atom. The smallest absolute Gasteiger partial charge is 0.0361 e. The minimum Gasteiger partial charge on any atom is -0.306 e. The molecule has 0 amide bonds. The van der Waals surface area contributed by atoms with E-state index in [-0.39, 0.29) is 0 Å². The van der Waals surface area contributed by atoms with Gasteiger partial charge in [-0.1, -0.05) is 49.1 Å². The van der Waals surface area contributed by atoms with Gasteiger partial charge < -0.3 is 5.32 Å². The van der Waals surface area contributed by atoms with Gasteiger partial charge in [0.2, 0.25) is 0 Å². The van der Waals surface area contributed by atoms with Crippen LogP contribution in [-0.4, -0.2) is 0 Å². The fourth-order valence-electron chi connectivity index (χ4n) is 1.90. The van der Waals surface area contributed by atoms with Crippen LogP contribution < -0.4 is 5.32 Å². The molecule has 1 aromatic rings. The van der Waals surface area contributed by atoms with Crippen molar-refractivity contribution in [2.45, 2.75) is 19.0 Å². The molecule has 0 aliphatic carbocycles. The van der Waals surface area contributed by atoms with Crippen LogP contribution in [0.3, 0.4) is 0 Å². The fourth-order valence-corrected chi connectivity index (χ4v) is 1.90. The van der Waals surface area contributed by atoms with E-state index in [1.54, 1.807) is 0 Å². The zero-order chi connectivity index (χ0) is 9.80. The van der Waals surface area contributed by atoms with Gasteiger partial charge in [-0.15, -0.1) is 0 Å². The number of fused-ring (bicyclic) bond motifs is 1. The first-order valence-corrected chi connectivity index (χ1v) is 5.00. The number of nitrogens with one attached hydrogen (secondary N) is 1. The van der Waals surface area contributed by atoms with Crippen molar-refractivity contribution >= 4 is 0 Å². The van der Waals surface area contributed by atoms with Gasteiger partial charge >= 0.3 is 0 Å². The van der Waals surface area contributed by atoms with Gasteiger partial charge in [-0.05, 0) is 17.5 Å². The lowest BCUT2D eigenvalue weighted by Crippen LogP contribution is -2.10. The van der Waals surface area contributed by atoms with Crippen LogP contribution in [0.5, 0.6) is 0 Å². The van der Waals surface area contributed by atoms with Gasteiger partial charge in [0.15, 0.2) is 0 Å². The molecule has 1 aromatic carbocycles. The highest BCUT2D eigenvalue weighted by atomic mass is 14.9. The Morgan fingerprint density at radius 2 is 2.29 bits per heavy atom. The van der Waals surface area contributed by atoms with Gasteiger partial charge in [-0.25, -0.2) is 0 Å². The molecule has 1 atom stereocenters. The lowest BCUT2D eigenvalue weighted by molar-refractivity contribution is 0.591. The summed E-state index contributed by atoms with van der Waals surface area (Å²) in [6, 6.07) is 9.10. The molecule has 0 radical (unpaired) electrons. The molecular formula is C13H15N. The average Bonchev–Trinajstić information content (AvgIpc) is 2.63. The van der Waals surface area contributed by atoms with Crippen LogP contribution in [0, 0.1) is 0 Å². The van der Waals surface area contributed by atoms with Crippen molar-refractivity contribution in [2.75, 3.05) is 0 Å². The normalized spacial score (nSPS) is 19.9. The number of allylic oxidation sites excluding steroid dienone is 2. The summed E-state index contributed by atoms with van der Waals surface area (Å²) in [5.41, 5.74) is 2.88. The predicted octanol–water partition coefficient (Wildman–Crippen LogP) is 2.96. The zero-order valence-electron chi connectivity index (χ0n) is 8.24. The van der Waals surface area contributed by atoms with E-state index in [0.29, 0.717) is 6.04 Å². The highest BCUT2D eigenvalue weighted by Crippen LogP contribution is 2.27. The average molecular weight is 185 g/mol. The zero-order valence-corrected chi connectivity index (χ0v) is 8.24. The quantitative estimate of drug-likeness (QED) is 0.714. The summed E-state index contributed by atoms with van der Waals surface area (Å²) in [7, 11) is 0. The Kier molecular flexibility index (Phi) is 2.80. The standard InChI is InChI=1S/C13H15N/c1-2-3-4-9-13-12-8-6-5-7-11(12)10-14-13/h2-8,13-14H,1,9-10H2. The monoisotopic (exact) mass is 185 g/mol. The topological polar surface area (TPSA) is 12.0 Å². The maximum atomic E-state index is 3.66. The van der Waals surface area contributed by atoms with Crippen molar-refractivity contribution in [2.24, 2.45) is 0 Å². The van der Waals surface area contributed by atoms with Crippen LogP contribution in [0.2, 0.25) is 0 Å². The molecule has 0 saturated carbocycles. The van der Waals surface area contributed by atoms with Crippen LogP contribution >= 0.6 is 0 Å². The molecule has 0 aromatic heterocycles. The number of hydrogen-bond donors (Lipinski definition) is 1. The molecule has 1 nitrogen and oxygen atoms in total. The third-order valence-corrected chi connectivity index (χ3v) is 2.61. The van der Waals surface area contributed by atoms with E-state index in [0.717, 1.165) is 13.0 Å². The van der Waals surface area contributed by atoms with E-state index in [2.05, 4.69) is 42.2 Å². The molecule has 0 saturated heterocycles. The minimum absolute atomic E-state index is 0.488. The fraction of sp³-hybridized carbons (Fsp3) is 0.231. The molecule has 72 valence electrons. The van der Waals surface area contributed by atoms with Crippen LogP contribution in [0.4, 0.5) is 0 Å². The number of benzene rings is 1. The summed E-state index contributed by atoms with van der Waals surface area (Å²) < 4.78 is 0. The van der Waals surface area contributed by atoms with E-state index in [1.165, 1.54) is 11.1 Å². The predicted molar refractivity (Wildman–Crippen MR) is 60.0 cm³/mol. The van der Waals surface area contributed by atoms with Crippen molar-refractivity contribution in [3.63, 3.8) is 0 Å². The molecule has 1 aliphatic heterocycles. The first-order valence-electron chi connectivity index (χ1n) is 5.00. The summed E-state index contributed by atoms with van der Waals surface area (Å²) >= 11 is 0.